The normalized spacial score (nSPS) is 10.4. The van der Waals surface area contributed by atoms with Crippen molar-refractivity contribution in [3.63, 3.8) is 0 Å². The van der Waals surface area contributed by atoms with Crippen LogP contribution in [0.15, 0.2) is 42.5 Å². The molecule has 0 saturated heterocycles. The van der Waals surface area contributed by atoms with Gasteiger partial charge in [0.1, 0.15) is 0 Å². The second-order valence-corrected chi connectivity index (χ2v) is 4.56. The van der Waals surface area contributed by atoms with E-state index < -0.39 is 0 Å². The van der Waals surface area contributed by atoms with E-state index in [1.807, 2.05) is 12.1 Å². The number of nitrogens with one attached hydrogen (secondary N) is 2. The summed E-state index contributed by atoms with van der Waals surface area (Å²) in [7, 11) is 1.61. The fraction of sp³-hybridized carbons (Fsp3) is 0.312. The lowest BCUT2D eigenvalue weighted by Gasteiger charge is -2.09. The molecule has 2 aromatic rings. The Hall–Kier alpha value is -2.07. The van der Waals surface area contributed by atoms with E-state index >= 15 is 0 Å². The Bertz CT molecular complexity index is 564. The van der Waals surface area contributed by atoms with Gasteiger partial charge >= 0.3 is 6.03 Å². The lowest BCUT2D eigenvalue weighted by molar-refractivity contribution is 0.196. The Balaban J connectivity index is 1.85. The number of rotatable bonds is 6. The molecule has 0 heterocycles. The van der Waals surface area contributed by atoms with Crippen molar-refractivity contribution in [2.75, 3.05) is 26.8 Å². The van der Waals surface area contributed by atoms with E-state index in [1.165, 1.54) is 16.3 Å². The van der Waals surface area contributed by atoms with Gasteiger partial charge in [0.15, 0.2) is 0 Å². The number of ether oxygens (including phenoxy) is 1. The molecule has 0 atom stereocenters. The Morgan fingerprint density at radius 2 is 1.80 bits per heavy atom. The zero-order valence-electron chi connectivity index (χ0n) is 11.7. The van der Waals surface area contributed by atoms with Gasteiger partial charge in [0.05, 0.1) is 6.61 Å². The predicted octanol–water partition coefficient (Wildman–Crippen LogP) is 2.33. The highest BCUT2D eigenvalue weighted by molar-refractivity contribution is 5.85. The van der Waals surface area contributed by atoms with Gasteiger partial charge in [-0.05, 0) is 22.8 Å². The van der Waals surface area contributed by atoms with Crippen molar-refractivity contribution in [2.45, 2.75) is 6.42 Å². The molecule has 0 aliphatic heterocycles. The second-order valence-electron chi connectivity index (χ2n) is 4.56. The Morgan fingerprint density at radius 3 is 2.65 bits per heavy atom. The van der Waals surface area contributed by atoms with Crippen LogP contribution in [-0.2, 0) is 11.2 Å². The van der Waals surface area contributed by atoms with E-state index in [0.717, 1.165) is 6.42 Å². The smallest absolute Gasteiger partial charge is 0.314 e. The molecule has 2 amide bonds. The van der Waals surface area contributed by atoms with Crippen molar-refractivity contribution in [2.24, 2.45) is 0 Å². The SMILES string of the molecule is COCCNC(=O)NCCc1cccc2ccccc12. The number of hydrogen-bond acceptors (Lipinski definition) is 2. The van der Waals surface area contributed by atoms with Gasteiger partial charge in [-0.1, -0.05) is 42.5 Å². The minimum absolute atomic E-state index is 0.151. The van der Waals surface area contributed by atoms with Crippen LogP contribution in [0, 0.1) is 0 Å². The highest BCUT2D eigenvalue weighted by Gasteiger charge is 2.02. The fourth-order valence-electron chi connectivity index (χ4n) is 2.15. The van der Waals surface area contributed by atoms with Crippen LogP contribution in [0.1, 0.15) is 5.56 Å². The van der Waals surface area contributed by atoms with E-state index in [2.05, 4.69) is 41.0 Å². The molecular formula is C16H20N2O2. The molecule has 2 aromatic carbocycles. The summed E-state index contributed by atoms with van der Waals surface area (Å²) in [5.41, 5.74) is 1.25. The number of benzene rings is 2. The Kier molecular flexibility index (Phi) is 5.38. The first kappa shape index (κ1) is 14.3. The molecule has 2 N–H and O–H groups in total. The average molecular weight is 272 g/mol. The molecule has 0 unspecified atom stereocenters. The summed E-state index contributed by atoms with van der Waals surface area (Å²) >= 11 is 0. The molecule has 20 heavy (non-hydrogen) atoms. The summed E-state index contributed by atoms with van der Waals surface area (Å²) in [6.07, 6.45) is 0.819. The van der Waals surface area contributed by atoms with Crippen molar-refractivity contribution in [1.82, 2.24) is 10.6 Å². The molecule has 0 fully saturated rings. The number of fused-ring (bicyclic) bond motifs is 1. The molecule has 0 radical (unpaired) electrons. The largest absolute Gasteiger partial charge is 0.383 e. The molecule has 2 rings (SSSR count). The number of hydrogen-bond donors (Lipinski definition) is 2. The van der Waals surface area contributed by atoms with Gasteiger partial charge in [0.25, 0.3) is 0 Å². The number of methoxy groups -OCH3 is 1. The fourth-order valence-corrected chi connectivity index (χ4v) is 2.15. The van der Waals surface area contributed by atoms with Crippen molar-refractivity contribution in [3.05, 3.63) is 48.0 Å². The van der Waals surface area contributed by atoms with Crippen molar-refractivity contribution in [1.29, 1.82) is 0 Å². The molecule has 0 bridgehead atoms. The Labute approximate surface area is 119 Å². The summed E-state index contributed by atoms with van der Waals surface area (Å²) in [6, 6.07) is 14.4. The molecular weight excluding hydrogens is 252 g/mol. The zero-order valence-corrected chi connectivity index (χ0v) is 11.7. The molecule has 0 spiro atoms. The van der Waals surface area contributed by atoms with Gasteiger partial charge in [-0.3, -0.25) is 0 Å². The number of amides is 2. The van der Waals surface area contributed by atoms with E-state index in [4.69, 9.17) is 4.74 Å². The van der Waals surface area contributed by atoms with E-state index in [1.54, 1.807) is 7.11 Å². The monoisotopic (exact) mass is 272 g/mol. The summed E-state index contributed by atoms with van der Waals surface area (Å²) in [5.74, 6) is 0. The molecule has 0 aromatic heterocycles. The molecule has 106 valence electrons. The first-order valence-corrected chi connectivity index (χ1v) is 6.78. The molecule has 4 heteroatoms. The predicted molar refractivity (Wildman–Crippen MR) is 80.9 cm³/mol. The van der Waals surface area contributed by atoms with Crippen molar-refractivity contribution >= 4 is 16.8 Å². The van der Waals surface area contributed by atoms with Crippen LogP contribution in [0.2, 0.25) is 0 Å². The number of carbonyl (C=O) groups excluding carboxylic acids is 1. The highest BCUT2D eigenvalue weighted by atomic mass is 16.5. The van der Waals surface area contributed by atoms with Gasteiger partial charge in [0.2, 0.25) is 0 Å². The lowest BCUT2D eigenvalue weighted by Crippen LogP contribution is -2.38. The third-order valence-corrected chi connectivity index (χ3v) is 3.15. The average Bonchev–Trinajstić information content (AvgIpc) is 2.48. The third-order valence-electron chi connectivity index (χ3n) is 3.15. The van der Waals surface area contributed by atoms with E-state index in [9.17, 15) is 4.79 Å². The minimum Gasteiger partial charge on any atom is -0.383 e. The summed E-state index contributed by atoms with van der Waals surface area (Å²) in [5, 5.41) is 8.06. The molecule has 0 aliphatic rings. The second kappa shape index (κ2) is 7.50. The van der Waals surface area contributed by atoms with Gasteiger partial charge in [-0.15, -0.1) is 0 Å². The third kappa shape index (κ3) is 3.96. The van der Waals surface area contributed by atoms with Crippen LogP contribution < -0.4 is 10.6 Å². The van der Waals surface area contributed by atoms with Crippen LogP contribution in [0.3, 0.4) is 0 Å². The van der Waals surface area contributed by atoms with Crippen LogP contribution >= 0.6 is 0 Å². The quantitative estimate of drug-likeness (QED) is 0.793. The van der Waals surface area contributed by atoms with Gasteiger partial charge in [-0.25, -0.2) is 4.79 Å². The van der Waals surface area contributed by atoms with Gasteiger partial charge < -0.3 is 15.4 Å². The zero-order chi connectivity index (χ0) is 14.2. The maximum atomic E-state index is 11.5. The van der Waals surface area contributed by atoms with Crippen LogP contribution in [-0.4, -0.2) is 32.8 Å². The summed E-state index contributed by atoms with van der Waals surface area (Å²) in [6.45, 7) is 1.67. The van der Waals surface area contributed by atoms with Crippen molar-refractivity contribution < 1.29 is 9.53 Å². The van der Waals surface area contributed by atoms with Crippen LogP contribution in [0.25, 0.3) is 10.8 Å². The summed E-state index contributed by atoms with van der Waals surface area (Å²) in [4.78, 5) is 11.5. The topological polar surface area (TPSA) is 50.4 Å². The van der Waals surface area contributed by atoms with E-state index in [0.29, 0.717) is 19.7 Å². The minimum atomic E-state index is -0.151. The van der Waals surface area contributed by atoms with Crippen molar-refractivity contribution in [3.8, 4) is 0 Å². The standard InChI is InChI=1S/C16H20N2O2/c1-20-12-11-18-16(19)17-10-9-14-7-4-6-13-5-2-3-8-15(13)14/h2-8H,9-12H2,1H3,(H2,17,18,19). The molecule has 0 aliphatic carbocycles. The van der Waals surface area contributed by atoms with Gasteiger partial charge in [0, 0.05) is 20.2 Å². The molecule has 4 nitrogen and oxygen atoms in total. The lowest BCUT2D eigenvalue weighted by atomic mass is 10.0. The maximum Gasteiger partial charge on any atom is 0.314 e. The van der Waals surface area contributed by atoms with Crippen LogP contribution in [0.5, 0.6) is 0 Å². The summed E-state index contributed by atoms with van der Waals surface area (Å²) < 4.78 is 4.87. The highest BCUT2D eigenvalue weighted by Crippen LogP contribution is 2.18. The first-order chi connectivity index (χ1) is 9.81. The Morgan fingerprint density at radius 1 is 1.05 bits per heavy atom. The van der Waals surface area contributed by atoms with Crippen LogP contribution in [0.4, 0.5) is 4.79 Å². The van der Waals surface area contributed by atoms with E-state index in [-0.39, 0.29) is 6.03 Å². The molecule has 0 saturated carbocycles. The first-order valence-electron chi connectivity index (χ1n) is 6.78. The van der Waals surface area contributed by atoms with Gasteiger partial charge in [-0.2, -0.15) is 0 Å². The maximum absolute atomic E-state index is 11.5. The number of carbonyl (C=O) groups is 1. The number of urea groups is 1.